The van der Waals surface area contributed by atoms with Gasteiger partial charge in [-0.15, -0.1) is 0 Å². The standard InChI is InChI=1S/C12H24N2O/c1-3-4-11(13)9-12(15)14-7-5-10(2)6-8-14/h10-11H,3-9,13H2,1-2H3. The molecule has 2 N–H and O–H groups in total. The number of nitrogens with zero attached hydrogens (tertiary/aromatic N) is 1. The Morgan fingerprint density at radius 3 is 2.60 bits per heavy atom. The zero-order valence-corrected chi connectivity index (χ0v) is 10.0. The molecule has 1 unspecified atom stereocenters. The first-order chi connectivity index (χ1) is 7.13. The fraction of sp³-hybridized carbons (Fsp3) is 0.917. The van der Waals surface area contributed by atoms with Gasteiger partial charge < -0.3 is 10.6 Å². The molecule has 0 aromatic carbocycles. The van der Waals surface area contributed by atoms with E-state index in [1.807, 2.05) is 4.90 Å². The average molecular weight is 212 g/mol. The van der Waals surface area contributed by atoms with Crippen molar-refractivity contribution in [3.8, 4) is 0 Å². The van der Waals surface area contributed by atoms with Crippen molar-refractivity contribution < 1.29 is 4.79 Å². The van der Waals surface area contributed by atoms with Crippen LogP contribution >= 0.6 is 0 Å². The van der Waals surface area contributed by atoms with Crippen LogP contribution in [-0.4, -0.2) is 29.9 Å². The monoisotopic (exact) mass is 212 g/mol. The first-order valence-electron chi connectivity index (χ1n) is 6.16. The molecule has 1 atom stereocenters. The zero-order chi connectivity index (χ0) is 11.3. The van der Waals surface area contributed by atoms with Gasteiger partial charge in [0.1, 0.15) is 0 Å². The van der Waals surface area contributed by atoms with Gasteiger partial charge in [-0.2, -0.15) is 0 Å². The Morgan fingerprint density at radius 2 is 2.07 bits per heavy atom. The van der Waals surface area contributed by atoms with Crippen LogP contribution in [-0.2, 0) is 4.79 Å². The molecule has 1 saturated heterocycles. The lowest BCUT2D eigenvalue weighted by molar-refractivity contribution is -0.132. The van der Waals surface area contributed by atoms with Gasteiger partial charge in [-0.1, -0.05) is 20.3 Å². The SMILES string of the molecule is CCCC(N)CC(=O)N1CCC(C)CC1. The van der Waals surface area contributed by atoms with Gasteiger partial charge in [-0.25, -0.2) is 0 Å². The predicted octanol–water partition coefficient (Wildman–Crippen LogP) is 1.76. The van der Waals surface area contributed by atoms with Crippen molar-refractivity contribution in [2.24, 2.45) is 11.7 Å². The summed E-state index contributed by atoms with van der Waals surface area (Å²) in [6.07, 6.45) is 4.84. The van der Waals surface area contributed by atoms with E-state index in [-0.39, 0.29) is 11.9 Å². The number of rotatable bonds is 4. The normalized spacial score (nSPS) is 20.3. The lowest BCUT2D eigenvalue weighted by Crippen LogP contribution is -2.40. The average Bonchev–Trinajstić information content (AvgIpc) is 2.18. The molecule has 3 heteroatoms. The number of piperidine rings is 1. The number of amides is 1. The molecular weight excluding hydrogens is 188 g/mol. The van der Waals surface area contributed by atoms with E-state index in [0.29, 0.717) is 6.42 Å². The summed E-state index contributed by atoms with van der Waals surface area (Å²) in [7, 11) is 0. The molecular formula is C12H24N2O. The van der Waals surface area contributed by atoms with Gasteiger partial charge >= 0.3 is 0 Å². The quantitative estimate of drug-likeness (QED) is 0.772. The number of hydrogen-bond acceptors (Lipinski definition) is 2. The summed E-state index contributed by atoms with van der Waals surface area (Å²) in [6.45, 7) is 6.22. The van der Waals surface area contributed by atoms with Crippen LogP contribution in [0.2, 0.25) is 0 Å². The van der Waals surface area contributed by atoms with E-state index < -0.39 is 0 Å². The zero-order valence-electron chi connectivity index (χ0n) is 10.0. The minimum Gasteiger partial charge on any atom is -0.343 e. The van der Waals surface area contributed by atoms with Gasteiger partial charge in [0.05, 0.1) is 0 Å². The maximum absolute atomic E-state index is 11.8. The lowest BCUT2D eigenvalue weighted by atomic mass is 9.98. The van der Waals surface area contributed by atoms with Crippen molar-refractivity contribution in [1.29, 1.82) is 0 Å². The molecule has 0 spiro atoms. The van der Waals surface area contributed by atoms with Gasteiger partial charge in [0.25, 0.3) is 0 Å². The van der Waals surface area contributed by atoms with Crippen molar-refractivity contribution in [1.82, 2.24) is 4.90 Å². The van der Waals surface area contributed by atoms with Crippen LogP contribution in [0.25, 0.3) is 0 Å². The van der Waals surface area contributed by atoms with Crippen molar-refractivity contribution in [3.05, 3.63) is 0 Å². The number of hydrogen-bond donors (Lipinski definition) is 1. The molecule has 0 bridgehead atoms. The highest BCUT2D eigenvalue weighted by molar-refractivity contribution is 5.76. The molecule has 1 amide bonds. The van der Waals surface area contributed by atoms with Gasteiger partial charge in [-0.05, 0) is 25.2 Å². The Hall–Kier alpha value is -0.570. The van der Waals surface area contributed by atoms with Gasteiger partial charge in [-0.3, -0.25) is 4.79 Å². The molecule has 0 aliphatic carbocycles. The van der Waals surface area contributed by atoms with E-state index in [2.05, 4.69) is 13.8 Å². The molecule has 0 aromatic heterocycles. The lowest BCUT2D eigenvalue weighted by Gasteiger charge is -2.31. The molecule has 88 valence electrons. The highest BCUT2D eigenvalue weighted by Crippen LogP contribution is 2.17. The van der Waals surface area contributed by atoms with Crippen molar-refractivity contribution in [2.45, 2.75) is 52.0 Å². The van der Waals surface area contributed by atoms with E-state index in [9.17, 15) is 4.79 Å². The van der Waals surface area contributed by atoms with Gasteiger partial charge in [0.2, 0.25) is 5.91 Å². The number of likely N-dealkylation sites (tertiary alicyclic amines) is 1. The van der Waals surface area contributed by atoms with E-state index in [1.165, 1.54) is 0 Å². The van der Waals surface area contributed by atoms with Crippen LogP contribution in [0.1, 0.15) is 46.0 Å². The minimum absolute atomic E-state index is 0.0573. The van der Waals surface area contributed by atoms with Crippen molar-refractivity contribution in [3.63, 3.8) is 0 Å². The van der Waals surface area contributed by atoms with Gasteiger partial charge in [0.15, 0.2) is 0 Å². The summed E-state index contributed by atoms with van der Waals surface area (Å²) < 4.78 is 0. The third-order valence-corrected chi connectivity index (χ3v) is 3.23. The maximum atomic E-state index is 11.8. The molecule has 15 heavy (non-hydrogen) atoms. The number of nitrogens with two attached hydrogens (primary N) is 1. The van der Waals surface area contributed by atoms with Crippen LogP contribution in [0.3, 0.4) is 0 Å². The first-order valence-corrected chi connectivity index (χ1v) is 6.16. The number of carbonyl (C=O) groups is 1. The first kappa shape index (κ1) is 12.5. The molecule has 1 rings (SSSR count). The maximum Gasteiger partial charge on any atom is 0.224 e. The second-order valence-corrected chi connectivity index (χ2v) is 4.82. The molecule has 1 aliphatic rings. The predicted molar refractivity (Wildman–Crippen MR) is 62.5 cm³/mol. The highest BCUT2D eigenvalue weighted by atomic mass is 16.2. The molecule has 1 aliphatic heterocycles. The van der Waals surface area contributed by atoms with E-state index in [0.717, 1.165) is 44.7 Å². The Morgan fingerprint density at radius 1 is 1.47 bits per heavy atom. The van der Waals surface area contributed by atoms with Crippen LogP contribution < -0.4 is 5.73 Å². The summed E-state index contributed by atoms with van der Waals surface area (Å²) in [5.74, 6) is 1.03. The summed E-state index contributed by atoms with van der Waals surface area (Å²) >= 11 is 0. The van der Waals surface area contributed by atoms with E-state index in [1.54, 1.807) is 0 Å². The largest absolute Gasteiger partial charge is 0.343 e. The highest BCUT2D eigenvalue weighted by Gasteiger charge is 2.21. The van der Waals surface area contributed by atoms with Gasteiger partial charge in [0, 0.05) is 25.6 Å². The molecule has 3 nitrogen and oxygen atoms in total. The molecule has 1 heterocycles. The van der Waals surface area contributed by atoms with Crippen LogP contribution in [0.4, 0.5) is 0 Å². The van der Waals surface area contributed by atoms with Crippen molar-refractivity contribution in [2.75, 3.05) is 13.1 Å². The second kappa shape index (κ2) is 6.11. The van der Waals surface area contributed by atoms with Crippen LogP contribution in [0, 0.1) is 5.92 Å². The topological polar surface area (TPSA) is 46.3 Å². The van der Waals surface area contributed by atoms with E-state index in [4.69, 9.17) is 5.73 Å². The summed E-state index contributed by atoms with van der Waals surface area (Å²) in [4.78, 5) is 13.8. The molecule has 0 aromatic rings. The third-order valence-electron chi connectivity index (χ3n) is 3.23. The van der Waals surface area contributed by atoms with E-state index >= 15 is 0 Å². The fourth-order valence-electron chi connectivity index (χ4n) is 2.08. The van der Waals surface area contributed by atoms with Crippen LogP contribution in [0.5, 0.6) is 0 Å². The second-order valence-electron chi connectivity index (χ2n) is 4.82. The minimum atomic E-state index is 0.0573. The third kappa shape index (κ3) is 4.20. The molecule has 0 radical (unpaired) electrons. The van der Waals surface area contributed by atoms with Crippen LogP contribution in [0.15, 0.2) is 0 Å². The number of carbonyl (C=O) groups excluding carboxylic acids is 1. The Kier molecular flexibility index (Phi) is 5.09. The summed E-state index contributed by atoms with van der Waals surface area (Å²) in [5.41, 5.74) is 5.87. The van der Waals surface area contributed by atoms with Crippen molar-refractivity contribution >= 4 is 5.91 Å². The summed E-state index contributed by atoms with van der Waals surface area (Å²) in [5, 5.41) is 0. The Bertz CT molecular complexity index is 198. The Labute approximate surface area is 93.0 Å². The molecule has 1 fully saturated rings. The summed E-state index contributed by atoms with van der Waals surface area (Å²) in [6, 6.07) is 0.0573. The Balaban J connectivity index is 2.27. The fourth-order valence-corrected chi connectivity index (χ4v) is 2.08. The smallest absolute Gasteiger partial charge is 0.224 e. The molecule has 0 saturated carbocycles.